The lowest BCUT2D eigenvalue weighted by atomic mass is 9.65. The Labute approximate surface area is 151 Å². The molecule has 2 aliphatic rings. The minimum absolute atomic E-state index is 0.124. The fourth-order valence-corrected chi connectivity index (χ4v) is 4.38. The molecule has 4 nitrogen and oxygen atoms in total. The highest BCUT2D eigenvalue weighted by Gasteiger charge is 2.40. The summed E-state index contributed by atoms with van der Waals surface area (Å²) in [5.41, 5.74) is 7.39. The summed E-state index contributed by atoms with van der Waals surface area (Å²) in [6.45, 7) is 5.49. The monoisotopic (exact) mass is 344 g/mol. The van der Waals surface area contributed by atoms with Crippen LogP contribution >= 0.6 is 0 Å². The van der Waals surface area contributed by atoms with Gasteiger partial charge in [-0.2, -0.15) is 0 Å². The number of ether oxygens (including phenoxy) is 1. The summed E-state index contributed by atoms with van der Waals surface area (Å²) >= 11 is 0. The van der Waals surface area contributed by atoms with E-state index in [-0.39, 0.29) is 11.8 Å². The Morgan fingerprint density at radius 3 is 2.60 bits per heavy atom. The molecule has 4 heteroatoms. The van der Waals surface area contributed by atoms with Crippen molar-refractivity contribution < 1.29 is 9.53 Å². The average molecular weight is 344 g/mol. The number of nitrogens with one attached hydrogen (secondary N) is 1. The Balaban J connectivity index is 1.56. The summed E-state index contributed by atoms with van der Waals surface area (Å²) in [6, 6.07) is 8.29. The van der Waals surface area contributed by atoms with Crippen LogP contribution in [0.25, 0.3) is 0 Å². The predicted octanol–water partition coefficient (Wildman–Crippen LogP) is 3.49. The molecule has 25 heavy (non-hydrogen) atoms. The number of amides is 1. The Kier molecular flexibility index (Phi) is 6.00. The first kappa shape index (κ1) is 18.2. The molecular weight excluding hydrogens is 312 g/mol. The van der Waals surface area contributed by atoms with Crippen molar-refractivity contribution >= 4 is 5.91 Å². The molecule has 0 spiro atoms. The Bertz CT molecular complexity index is 573. The van der Waals surface area contributed by atoms with Crippen LogP contribution in [-0.4, -0.2) is 18.6 Å². The van der Waals surface area contributed by atoms with Gasteiger partial charge < -0.3 is 15.8 Å². The van der Waals surface area contributed by atoms with Crippen LogP contribution in [-0.2, 0) is 11.3 Å². The van der Waals surface area contributed by atoms with Crippen molar-refractivity contribution in [3.63, 3.8) is 0 Å². The molecule has 1 amide bonds. The van der Waals surface area contributed by atoms with E-state index in [1.165, 1.54) is 19.3 Å². The second-order valence-electron chi connectivity index (χ2n) is 8.23. The topological polar surface area (TPSA) is 64.3 Å². The molecule has 2 bridgehead atoms. The van der Waals surface area contributed by atoms with Crippen LogP contribution in [0.1, 0.15) is 51.5 Å². The van der Waals surface area contributed by atoms with Gasteiger partial charge in [-0.3, -0.25) is 4.79 Å². The summed E-state index contributed by atoms with van der Waals surface area (Å²) < 4.78 is 5.88. The highest BCUT2D eigenvalue weighted by Crippen LogP contribution is 2.41. The molecule has 2 fully saturated rings. The lowest BCUT2D eigenvalue weighted by Gasteiger charge is -2.43. The average Bonchev–Trinajstić information content (AvgIpc) is 2.58. The van der Waals surface area contributed by atoms with Crippen molar-refractivity contribution in [1.82, 2.24) is 5.32 Å². The highest BCUT2D eigenvalue weighted by molar-refractivity contribution is 5.78. The number of carbonyl (C=O) groups is 1. The van der Waals surface area contributed by atoms with Gasteiger partial charge in [-0.1, -0.05) is 38.5 Å². The summed E-state index contributed by atoms with van der Waals surface area (Å²) in [6.07, 6.45) is 5.56. The van der Waals surface area contributed by atoms with Gasteiger partial charge in [0.1, 0.15) is 5.75 Å². The largest absolute Gasteiger partial charge is 0.493 e. The lowest BCUT2D eigenvalue weighted by Crippen LogP contribution is -2.49. The van der Waals surface area contributed by atoms with E-state index in [9.17, 15) is 4.79 Å². The van der Waals surface area contributed by atoms with E-state index in [0.717, 1.165) is 24.2 Å². The molecule has 0 aromatic heterocycles. The van der Waals surface area contributed by atoms with Crippen molar-refractivity contribution in [3.05, 3.63) is 29.8 Å². The molecule has 2 saturated carbocycles. The number of para-hydroxylation sites is 1. The van der Waals surface area contributed by atoms with Crippen LogP contribution in [0.15, 0.2) is 24.3 Å². The van der Waals surface area contributed by atoms with E-state index >= 15 is 0 Å². The van der Waals surface area contributed by atoms with E-state index in [1.807, 2.05) is 24.3 Å². The summed E-state index contributed by atoms with van der Waals surface area (Å²) in [5, 5.41) is 3.14. The number of carbonyl (C=O) groups excluding carboxylic acids is 1. The van der Waals surface area contributed by atoms with E-state index in [1.54, 1.807) is 0 Å². The van der Waals surface area contributed by atoms with Gasteiger partial charge in [-0.05, 0) is 49.5 Å². The predicted molar refractivity (Wildman–Crippen MR) is 100 cm³/mol. The third kappa shape index (κ3) is 4.55. The van der Waals surface area contributed by atoms with E-state index < -0.39 is 0 Å². The van der Waals surface area contributed by atoms with Gasteiger partial charge in [0.05, 0.1) is 6.61 Å². The maximum absolute atomic E-state index is 12.7. The van der Waals surface area contributed by atoms with Crippen molar-refractivity contribution in [2.45, 2.75) is 58.5 Å². The molecule has 2 atom stereocenters. The smallest absolute Gasteiger partial charge is 0.223 e. The minimum Gasteiger partial charge on any atom is -0.493 e. The molecule has 1 aromatic carbocycles. The third-order valence-corrected chi connectivity index (χ3v) is 5.78. The first-order valence-corrected chi connectivity index (χ1v) is 9.78. The van der Waals surface area contributed by atoms with Crippen molar-refractivity contribution in [3.8, 4) is 5.75 Å². The zero-order valence-corrected chi connectivity index (χ0v) is 15.5. The number of hydrogen-bond donors (Lipinski definition) is 2. The van der Waals surface area contributed by atoms with E-state index in [2.05, 4.69) is 19.2 Å². The van der Waals surface area contributed by atoms with Crippen LogP contribution in [0.5, 0.6) is 5.75 Å². The number of benzene rings is 1. The molecule has 0 aliphatic heterocycles. The molecule has 3 rings (SSSR count). The minimum atomic E-state index is 0.124. The van der Waals surface area contributed by atoms with Gasteiger partial charge in [-0.25, -0.2) is 0 Å². The second kappa shape index (κ2) is 8.22. The van der Waals surface area contributed by atoms with Gasteiger partial charge in [-0.15, -0.1) is 0 Å². The molecule has 2 unspecified atom stereocenters. The van der Waals surface area contributed by atoms with Crippen molar-refractivity contribution in [2.24, 2.45) is 29.4 Å². The van der Waals surface area contributed by atoms with E-state index in [0.29, 0.717) is 36.9 Å². The van der Waals surface area contributed by atoms with Gasteiger partial charge in [0.25, 0.3) is 0 Å². The van der Waals surface area contributed by atoms with Gasteiger partial charge in [0.15, 0.2) is 0 Å². The van der Waals surface area contributed by atoms with Crippen LogP contribution in [0.3, 0.4) is 0 Å². The van der Waals surface area contributed by atoms with Crippen LogP contribution in [0, 0.1) is 23.7 Å². The third-order valence-electron chi connectivity index (χ3n) is 5.78. The van der Waals surface area contributed by atoms with Crippen LogP contribution in [0.4, 0.5) is 0 Å². The number of rotatable bonds is 6. The summed E-state index contributed by atoms with van der Waals surface area (Å²) in [5.74, 6) is 2.73. The SMILES string of the molecule is CC(C)COc1ccccc1CNC(=O)C1CC2CCCC(C1)C2N. The molecule has 2 aliphatic carbocycles. The molecular formula is C21H32N2O2. The standard InChI is InChI=1S/C21H32N2O2/c1-14(2)13-25-19-9-4-3-6-17(19)12-23-21(24)18-10-15-7-5-8-16(11-18)20(15)22/h3-4,6,9,14-16,18,20H,5,7-8,10-13,22H2,1-2H3,(H,23,24). The van der Waals surface area contributed by atoms with Crippen molar-refractivity contribution in [1.29, 1.82) is 0 Å². The molecule has 138 valence electrons. The maximum atomic E-state index is 12.7. The fourth-order valence-electron chi connectivity index (χ4n) is 4.38. The summed E-state index contributed by atoms with van der Waals surface area (Å²) in [7, 11) is 0. The highest BCUT2D eigenvalue weighted by atomic mass is 16.5. The zero-order valence-electron chi connectivity index (χ0n) is 15.5. The summed E-state index contributed by atoms with van der Waals surface area (Å²) in [4.78, 5) is 12.7. The lowest BCUT2D eigenvalue weighted by molar-refractivity contribution is -0.128. The number of hydrogen-bond acceptors (Lipinski definition) is 3. The quantitative estimate of drug-likeness (QED) is 0.830. The maximum Gasteiger partial charge on any atom is 0.223 e. The van der Waals surface area contributed by atoms with Crippen LogP contribution in [0.2, 0.25) is 0 Å². The molecule has 0 heterocycles. The van der Waals surface area contributed by atoms with Gasteiger partial charge in [0.2, 0.25) is 5.91 Å². The Morgan fingerprint density at radius 1 is 1.24 bits per heavy atom. The first-order valence-electron chi connectivity index (χ1n) is 9.78. The Hall–Kier alpha value is -1.55. The molecule has 0 radical (unpaired) electrons. The van der Waals surface area contributed by atoms with Gasteiger partial charge in [0, 0.05) is 24.1 Å². The first-order chi connectivity index (χ1) is 12.0. The zero-order chi connectivity index (χ0) is 17.8. The second-order valence-corrected chi connectivity index (χ2v) is 8.23. The van der Waals surface area contributed by atoms with Crippen molar-refractivity contribution in [2.75, 3.05) is 6.61 Å². The van der Waals surface area contributed by atoms with Crippen LogP contribution < -0.4 is 15.8 Å². The van der Waals surface area contributed by atoms with Gasteiger partial charge >= 0.3 is 0 Å². The Morgan fingerprint density at radius 2 is 1.92 bits per heavy atom. The number of fused-ring (bicyclic) bond motifs is 2. The fraction of sp³-hybridized carbons (Fsp3) is 0.667. The normalized spacial score (nSPS) is 28.6. The molecule has 3 N–H and O–H groups in total. The molecule has 0 saturated heterocycles. The molecule has 1 aromatic rings. The van der Waals surface area contributed by atoms with E-state index in [4.69, 9.17) is 10.5 Å². The number of nitrogens with two attached hydrogens (primary N) is 1.